The van der Waals surface area contributed by atoms with Crippen molar-refractivity contribution in [2.24, 2.45) is 0 Å². The third kappa shape index (κ3) is 4.73. The Balaban J connectivity index is 2.26. The van der Waals surface area contributed by atoms with Crippen molar-refractivity contribution >= 4 is 5.91 Å². The number of ether oxygens (including phenoxy) is 3. The molecule has 1 amide bonds. The summed E-state index contributed by atoms with van der Waals surface area (Å²) in [4.78, 5) is 12.1. The van der Waals surface area contributed by atoms with Crippen LogP contribution in [0.5, 0.6) is 11.5 Å². The summed E-state index contributed by atoms with van der Waals surface area (Å²) in [6.07, 6.45) is 0. The normalized spacial score (nSPS) is 10.5. The van der Waals surface area contributed by atoms with E-state index in [1.807, 2.05) is 55.5 Å². The van der Waals surface area contributed by atoms with Crippen molar-refractivity contribution in [3.05, 3.63) is 59.7 Å². The van der Waals surface area contributed by atoms with E-state index in [2.05, 4.69) is 5.32 Å². The van der Waals surface area contributed by atoms with Gasteiger partial charge in [0.05, 0.1) is 20.3 Å². The SMILES string of the molecule is CCOCC(=O)NC(c1ccc(OC)cc1)c1ccc(OC)cc1. The number of hydrogen-bond donors (Lipinski definition) is 1. The third-order valence-electron chi connectivity index (χ3n) is 3.64. The highest BCUT2D eigenvalue weighted by atomic mass is 16.5. The van der Waals surface area contributed by atoms with Crippen LogP contribution in [0.1, 0.15) is 24.1 Å². The lowest BCUT2D eigenvalue weighted by Crippen LogP contribution is -2.32. The van der Waals surface area contributed by atoms with Crippen molar-refractivity contribution in [1.82, 2.24) is 5.32 Å². The molecule has 2 rings (SSSR count). The molecule has 0 saturated heterocycles. The Bertz CT molecular complexity index is 590. The molecule has 0 heterocycles. The molecule has 5 nitrogen and oxygen atoms in total. The lowest BCUT2D eigenvalue weighted by Gasteiger charge is -2.20. The van der Waals surface area contributed by atoms with Gasteiger partial charge in [-0.05, 0) is 42.3 Å². The molecule has 0 spiro atoms. The minimum Gasteiger partial charge on any atom is -0.497 e. The van der Waals surface area contributed by atoms with E-state index in [-0.39, 0.29) is 18.6 Å². The van der Waals surface area contributed by atoms with Gasteiger partial charge in [0.15, 0.2) is 0 Å². The zero-order valence-electron chi connectivity index (χ0n) is 14.2. The number of hydrogen-bond acceptors (Lipinski definition) is 4. The Hall–Kier alpha value is -2.53. The van der Waals surface area contributed by atoms with E-state index < -0.39 is 0 Å². The van der Waals surface area contributed by atoms with E-state index in [9.17, 15) is 4.79 Å². The zero-order chi connectivity index (χ0) is 17.4. The maximum Gasteiger partial charge on any atom is 0.246 e. The van der Waals surface area contributed by atoms with Crippen LogP contribution in [0.3, 0.4) is 0 Å². The van der Waals surface area contributed by atoms with E-state index in [0.29, 0.717) is 6.61 Å². The Morgan fingerprint density at radius 3 is 1.75 bits per heavy atom. The fraction of sp³-hybridized carbons (Fsp3) is 0.316. The van der Waals surface area contributed by atoms with Gasteiger partial charge in [-0.3, -0.25) is 4.79 Å². The summed E-state index contributed by atoms with van der Waals surface area (Å²) in [5.41, 5.74) is 1.93. The van der Waals surface area contributed by atoms with Gasteiger partial charge in [0.2, 0.25) is 5.91 Å². The molecule has 0 bridgehead atoms. The number of nitrogens with one attached hydrogen (secondary N) is 1. The average molecular weight is 329 g/mol. The number of methoxy groups -OCH3 is 2. The number of benzene rings is 2. The number of amides is 1. The topological polar surface area (TPSA) is 56.8 Å². The van der Waals surface area contributed by atoms with Crippen molar-refractivity contribution in [3.8, 4) is 11.5 Å². The fourth-order valence-electron chi connectivity index (χ4n) is 2.35. The average Bonchev–Trinajstić information content (AvgIpc) is 2.64. The van der Waals surface area contributed by atoms with Crippen molar-refractivity contribution in [2.75, 3.05) is 27.4 Å². The van der Waals surface area contributed by atoms with Crippen LogP contribution >= 0.6 is 0 Å². The highest BCUT2D eigenvalue weighted by molar-refractivity contribution is 5.78. The molecule has 5 heteroatoms. The van der Waals surface area contributed by atoms with E-state index >= 15 is 0 Å². The fourth-order valence-corrected chi connectivity index (χ4v) is 2.35. The first-order valence-electron chi connectivity index (χ1n) is 7.83. The largest absolute Gasteiger partial charge is 0.497 e. The molecule has 1 N–H and O–H groups in total. The van der Waals surface area contributed by atoms with Gasteiger partial charge in [-0.2, -0.15) is 0 Å². The molecule has 0 aliphatic heterocycles. The maximum absolute atomic E-state index is 12.1. The molecule has 0 radical (unpaired) electrons. The first-order chi connectivity index (χ1) is 11.7. The molecule has 128 valence electrons. The van der Waals surface area contributed by atoms with Gasteiger partial charge in [0, 0.05) is 6.61 Å². The standard InChI is InChI=1S/C19H23NO4/c1-4-24-13-18(21)20-19(14-5-9-16(22-2)10-6-14)15-7-11-17(23-3)12-8-15/h5-12,19H,4,13H2,1-3H3,(H,20,21). The van der Waals surface area contributed by atoms with E-state index in [0.717, 1.165) is 22.6 Å². The van der Waals surface area contributed by atoms with Gasteiger partial charge < -0.3 is 19.5 Å². The first kappa shape index (κ1) is 17.8. The van der Waals surface area contributed by atoms with Gasteiger partial charge in [-0.15, -0.1) is 0 Å². The highest BCUT2D eigenvalue weighted by Crippen LogP contribution is 2.25. The van der Waals surface area contributed by atoms with Crippen LogP contribution in [0.2, 0.25) is 0 Å². The monoisotopic (exact) mass is 329 g/mol. The summed E-state index contributed by atoms with van der Waals surface area (Å²) >= 11 is 0. The predicted octanol–water partition coefficient (Wildman–Crippen LogP) is 2.95. The molecule has 0 aliphatic rings. The smallest absolute Gasteiger partial charge is 0.246 e. The summed E-state index contributed by atoms with van der Waals surface area (Å²) in [5.74, 6) is 1.38. The summed E-state index contributed by atoms with van der Waals surface area (Å²) in [5, 5.41) is 3.01. The predicted molar refractivity (Wildman–Crippen MR) is 92.5 cm³/mol. The molecule has 0 aliphatic carbocycles. The highest BCUT2D eigenvalue weighted by Gasteiger charge is 2.17. The Morgan fingerprint density at radius 1 is 0.917 bits per heavy atom. The van der Waals surface area contributed by atoms with E-state index in [1.165, 1.54) is 0 Å². The molecule has 2 aromatic carbocycles. The van der Waals surface area contributed by atoms with Gasteiger partial charge >= 0.3 is 0 Å². The minimum absolute atomic E-state index is 0.0410. The summed E-state index contributed by atoms with van der Waals surface area (Å²) in [6.45, 7) is 2.40. The van der Waals surface area contributed by atoms with Crippen LogP contribution in [0.15, 0.2) is 48.5 Å². The Labute approximate surface area is 142 Å². The van der Waals surface area contributed by atoms with Crippen LogP contribution < -0.4 is 14.8 Å². The van der Waals surface area contributed by atoms with Crippen molar-refractivity contribution in [1.29, 1.82) is 0 Å². The number of rotatable bonds is 8. The second-order valence-electron chi connectivity index (χ2n) is 5.18. The van der Waals surface area contributed by atoms with Gasteiger partial charge in [0.25, 0.3) is 0 Å². The van der Waals surface area contributed by atoms with Crippen molar-refractivity contribution in [3.63, 3.8) is 0 Å². The molecular formula is C19H23NO4. The summed E-state index contributed by atoms with van der Waals surface area (Å²) < 4.78 is 15.6. The number of carbonyl (C=O) groups excluding carboxylic acids is 1. The molecule has 0 unspecified atom stereocenters. The molecule has 0 fully saturated rings. The second kappa shape index (κ2) is 8.93. The lowest BCUT2D eigenvalue weighted by molar-refractivity contribution is -0.126. The molecule has 0 aromatic heterocycles. The van der Waals surface area contributed by atoms with Crippen LogP contribution in [-0.2, 0) is 9.53 Å². The number of carbonyl (C=O) groups is 1. The molecule has 24 heavy (non-hydrogen) atoms. The first-order valence-corrected chi connectivity index (χ1v) is 7.83. The third-order valence-corrected chi connectivity index (χ3v) is 3.64. The van der Waals surface area contributed by atoms with Gasteiger partial charge in [0.1, 0.15) is 18.1 Å². The van der Waals surface area contributed by atoms with Crippen LogP contribution in [0, 0.1) is 0 Å². The quantitative estimate of drug-likeness (QED) is 0.809. The molecule has 0 saturated carbocycles. The molecular weight excluding hydrogens is 306 g/mol. The van der Waals surface area contributed by atoms with Crippen LogP contribution in [0.25, 0.3) is 0 Å². The van der Waals surface area contributed by atoms with Gasteiger partial charge in [-0.25, -0.2) is 0 Å². The van der Waals surface area contributed by atoms with E-state index in [1.54, 1.807) is 14.2 Å². The zero-order valence-corrected chi connectivity index (χ0v) is 14.2. The summed E-state index contributed by atoms with van der Waals surface area (Å²) in [6, 6.07) is 15.0. The van der Waals surface area contributed by atoms with Crippen LogP contribution in [-0.4, -0.2) is 33.3 Å². The van der Waals surface area contributed by atoms with Gasteiger partial charge in [-0.1, -0.05) is 24.3 Å². The van der Waals surface area contributed by atoms with Crippen LogP contribution in [0.4, 0.5) is 0 Å². The lowest BCUT2D eigenvalue weighted by atomic mass is 9.98. The maximum atomic E-state index is 12.1. The van der Waals surface area contributed by atoms with Crippen molar-refractivity contribution < 1.29 is 19.0 Å². The minimum atomic E-state index is -0.269. The Kier molecular flexibility index (Phi) is 6.63. The molecule has 0 atom stereocenters. The second-order valence-corrected chi connectivity index (χ2v) is 5.18. The van der Waals surface area contributed by atoms with Crippen molar-refractivity contribution in [2.45, 2.75) is 13.0 Å². The van der Waals surface area contributed by atoms with E-state index in [4.69, 9.17) is 14.2 Å². The summed E-state index contributed by atoms with van der Waals surface area (Å²) in [7, 11) is 3.25. The molecule has 2 aromatic rings. The Morgan fingerprint density at radius 2 is 1.38 bits per heavy atom.